The highest BCUT2D eigenvalue weighted by atomic mass is 19.1. The second-order valence-corrected chi connectivity index (χ2v) is 1.98. The molecular formula is C7H6FNO3. The fourth-order valence-corrected chi connectivity index (χ4v) is 0.769. The smallest absolute Gasteiger partial charge is 0.344 e. The van der Waals surface area contributed by atoms with Crippen LogP contribution < -0.4 is 4.74 Å². The van der Waals surface area contributed by atoms with Crippen molar-refractivity contribution >= 4 is 5.97 Å². The van der Waals surface area contributed by atoms with Crippen LogP contribution in [0.25, 0.3) is 0 Å². The van der Waals surface area contributed by atoms with Gasteiger partial charge < -0.3 is 9.84 Å². The maximum absolute atomic E-state index is 12.8. The maximum atomic E-state index is 12.8. The predicted molar refractivity (Wildman–Crippen MR) is 37.7 cm³/mol. The fourth-order valence-electron chi connectivity index (χ4n) is 0.769. The Labute approximate surface area is 67.6 Å². The molecule has 0 amide bonds. The lowest BCUT2D eigenvalue weighted by Crippen LogP contribution is -2.05. The maximum Gasteiger partial charge on any atom is 0.344 e. The van der Waals surface area contributed by atoms with Crippen LogP contribution >= 0.6 is 0 Å². The fraction of sp³-hybridized carbons (Fsp3) is 0.143. The summed E-state index contributed by atoms with van der Waals surface area (Å²) in [6.45, 7) is 0. The van der Waals surface area contributed by atoms with Crippen molar-refractivity contribution in [2.75, 3.05) is 7.11 Å². The first kappa shape index (κ1) is 8.45. The van der Waals surface area contributed by atoms with Gasteiger partial charge in [-0.2, -0.15) is 0 Å². The van der Waals surface area contributed by atoms with Crippen molar-refractivity contribution in [3.8, 4) is 5.88 Å². The number of carboxylic acid groups (broad SMARTS) is 1. The summed E-state index contributed by atoms with van der Waals surface area (Å²) in [6, 6.07) is 0.964. The third-order valence-electron chi connectivity index (χ3n) is 1.27. The van der Waals surface area contributed by atoms with Crippen molar-refractivity contribution in [3.63, 3.8) is 0 Å². The van der Waals surface area contributed by atoms with Gasteiger partial charge in [-0.3, -0.25) is 0 Å². The molecule has 0 saturated heterocycles. The lowest BCUT2D eigenvalue weighted by Gasteiger charge is -2.02. The number of aromatic carboxylic acids is 1. The molecule has 1 aromatic heterocycles. The monoisotopic (exact) mass is 171 g/mol. The molecule has 1 rings (SSSR count). The van der Waals surface area contributed by atoms with Gasteiger partial charge in [-0.15, -0.1) is 0 Å². The quantitative estimate of drug-likeness (QED) is 0.718. The second kappa shape index (κ2) is 3.17. The number of halogens is 1. The van der Waals surface area contributed by atoms with Gasteiger partial charge in [0.05, 0.1) is 7.11 Å². The average molecular weight is 171 g/mol. The molecule has 1 N–H and O–H groups in total. The van der Waals surface area contributed by atoms with E-state index in [1.165, 1.54) is 7.11 Å². The number of hydrogen-bond donors (Lipinski definition) is 1. The summed E-state index contributed by atoms with van der Waals surface area (Å²) in [4.78, 5) is 14.0. The number of methoxy groups -OCH3 is 1. The molecular weight excluding hydrogens is 165 g/mol. The van der Waals surface area contributed by atoms with Gasteiger partial charge in [-0.05, 0) is 6.07 Å². The van der Waals surface area contributed by atoms with Gasteiger partial charge in [0, 0.05) is 6.20 Å². The minimum atomic E-state index is -1.39. The summed E-state index contributed by atoms with van der Waals surface area (Å²) in [5.41, 5.74) is -0.542. The largest absolute Gasteiger partial charge is 0.480 e. The molecule has 0 spiro atoms. The molecule has 64 valence electrons. The Hall–Kier alpha value is -1.65. The molecule has 1 heterocycles. The minimum absolute atomic E-state index is 0.220. The van der Waals surface area contributed by atoms with E-state index in [-0.39, 0.29) is 5.88 Å². The standard InChI is InChI=1S/C7H6FNO3/c1-12-6-5(7(10)11)4(8)2-3-9-6/h2-3H,1H3,(H,10,11). The third kappa shape index (κ3) is 1.34. The molecule has 0 saturated carbocycles. The minimum Gasteiger partial charge on any atom is -0.480 e. The molecule has 0 aliphatic rings. The first-order chi connectivity index (χ1) is 5.66. The molecule has 0 aromatic carbocycles. The Balaban J connectivity index is 3.29. The van der Waals surface area contributed by atoms with Gasteiger partial charge in [0.25, 0.3) is 0 Å². The SMILES string of the molecule is COc1nccc(F)c1C(=O)O. The van der Waals surface area contributed by atoms with Gasteiger partial charge in [-0.1, -0.05) is 0 Å². The van der Waals surface area contributed by atoms with Crippen molar-refractivity contribution in [2.45, 2.75) is 0 Å². The first-order valence-electron chi connectivity index (χ1n) is 3.08. The molecule has 5 heteroatoms. The normalized spacial score (nSPS) is 9.50. The second-order valence-electron chi connectivity index (χ2n) is 1.98. The molecule has 0 aliphatic heterocycles. The van der Waals surface area contributed by atoms with Gasteiger partial charge in [0.15, 0.2) is 5.56 Å². The summed E-state index contributed by atoms with van der Waals surface area (Å²) < 4.78 is 17.3. The van der Waals surface area contributed by atoms with Crippen molar-refractivity contribution in [2.24, 2.45) is 0 Å². The number of hydrogen-bond acceptors (Lipinski definition) is 3. The van der Waals surface area contributed by atoms with Crippen LogP contribution in [0.5, 0.6) is 5.88 Å². The Morgan fingerprint density at radius 3 is 2.83 bits per heavy atom. The highest BCUT2D eigenvalue weighted by Crippen LogP contribution is 2.17. The zero-order valence-electron chi connectivity index (χ0n) is 6.24. The van der Waals surface area contributed by atoms with Crippen molar-refractivity contribution < 1.29 is 19.0 Å². The number of carboxylic acids is 1. The lowest BCUT2D eigenvalue weighted by atomic mass is 10.2. The Bertz CT molecular complexity index is 314. The van der Waals surface area contributed by atoms with Crippen LogP contribution in [0.2, 0.25) is 0 Å². The number of ether oxygens (including phenoxy) is 1. The molecule has 4 nitrogen and oxygen atoms in total. The van der Waals surface area contributed by atoms with Crippen molar-refractivity contribution in [1.29, 1.82) is 0 Å². The number of rotatable bonds is 2. The predicted octanol–water partition coefficient (Wildman–Crippen LogP) is 0.927. The third-order valence-corrected chi connectivity index (χ3v) is 1.27. The molecule has 1 aromatic rings. The highest BCUT2D eigenvalue weighted by Gasteiger charge is 2.17. The van der Waals surface area contributed by atoms with Gasteiger partial charge in [-0.25, -0.2) is 14.2 Å². The van der Waals surface area contributed by atoms with Gasteiger partial charge >= 0.3 is 5.97 Å². The average Bonchev–Trinajstić information content (AvgIpc) is 2.03. The van der Waals surface area contributed by atoms with E-state index in [0.29, 0.717) is 0 Å². The Morgan fingerprint density at radius 1 is 1.75 bits per heavy atom. The summed E-state index contributed by atoms with van der Waals surface area (Å²) in [5, 5.41) is 8.52. The van der Waals surface area contributed by atoms with Crippen molar-refractivity contribution in [1.82, 2.24) is 4.98 Å². The number of pyridine rings is 1. The summed E-state index contributed by atoms with van der Waals surface area (Å²) in [5.74, 6) is -2.46. The molecule has 0 bridgehead atoms. The number of aromatic nitrogens is 1. The van der Waals surface area contributed by atoms with Crippen LogP contribution in [-0.2, 0) is 0 Å². The van der Waals surface area contributed by atoms with E-state index in [0.717, 1.165) is 12.3 Å². The summed E-state index contributed by atoms with van der Waals surface area (Å²) >= 11 is 0. The Morgan fingerprint density at radius 2 is 2.42 bits per heavy atom. The van der Waals surface area contributed by atoms with Gasteiger partial charge in [0.2, 0.25) is 5.88 Å². The lowest BCUT2D eigenvalue weighted by molar-refractivity contribution is 0.0687. The van der Waals surface area contributed by atoms with Crippen LogP contribution in [0.4, 0.5) is 4.39 Å². The zero-order chi connectivity index (χ0) is 9.14. The molecule has 0 fully saturated rings. The van der Waals surface area contributed by atoms with Gasteiger partial charge in [0.1, 0.15) is 5.82 Å². The number of nitrogens with zero attached hydrogens (tertiary/aromatic N) is 1. The summed E-state index contributed by atoms with van der Waals surface area (Å²) in [7, 11) is 1.23. The van der Waals surface area contributed by atoms with Crippen LogP contribution in [-0.4, -0.2) is 23.2 Å². The topological polar surface area (TPSA) is 59.4 Å². The van der Waals surface area contributed by atoms with Crippen LogP contribution in [0.3, 0.4) is 0 Å². The van der Waals surface area contributed by atoms with Crippen LogP contribution in [0.1, 0.15) is 10.4 Å². The van der Waals surface area contributed by atoms with Crippen LogP contribution in [0, 0.1) is 5.82 Å². The van der Waals surface area contributed by atoms with E-state index in [9.17, 15) is 9.18 Å². The van der Waals surface area contributed by atoms with E-state index >= 15 is 0 Å². The van der Waals surface area contributed by atoms with Crippen molar-refractivity contribution in [3.05, 3.63) is 23.6 Å². The van der Waals surface area contributed by atoms with E-state index in [4.69, 9.17) is 5.11 Å². The highest BCUT2D eigenvalue weighted by molar-refractivity contribution is 5.90. The number of carbonyl (C=O) groups is 1. The molecule has 0 radical (unpaired) electrons. The molecule has 0 atom stereocenters. The first-order valence-corrected chi connectivity index (χ1v) is 3.08. The van der Waals surface area contributed by atoms with E-state index in [1.54, 1.807) is 0 Å². The molecule has 0 aliphatic carbocycles. The molecule has 0 unspecified atom stereocenters. The van der Waals surface area contributed by atoms with E-state index in [2.05, 4.69) is 9.72 Å². The molecule has 12 heavy (non-hydrogen) atoms. The summed E-state index contributed by atoms with van der Waals surface area (Å²) in [6.07, 6.45) is 1.14. The Kier molecular flexibility index (Phi) is 2.23. The van der Waals surface area contributed by atoms with Crippen LogP contribution in [0.15, 0.2) is 12.3 Å². The van der Waals surface area contributed by atoms with E-state index < -0.39 is 17.3 Å². The van der Waals surface area contributed by atoms with E-state index in [1.807, 2.05) is 0 Å². The zero-order valence-corrected chi connectivity index (χ0v) is 6.24.